The van der Waals surface area contributed by atoms with E-state index in [0.717, 1.165) is 0 Å². The van der Waals surface area contributed by atoms with Crippen LogP contribution in [-0.2, 0) is 4.79 Å². The normalized spacial score (nSPS) is 25.6. The number of alkyl halides is 2. The first-order valence-electron chi connectivity index (χ1n) is 3.86. The van der Waals surface area contributed by atoms with Crippen molar-refractivity contribution < 1.29 is 14.0 Å². The molecule has 1 amide bonds. The molecule has 1 heterocycles. The van der Waals surface area contributed by atoms with E-state index in [-0.39, 0.29) is 11.3 Å². The molecule has 5 heteroatoms. The second-order valence-corrected chi connectivity index (χ2v) is 3.42. The zero-order chi connectivity index (χ0) is 10.3. The topological polar surface area (TPSA) is 46.2 Å². The van der Waals surface area contributed by atoms with E-state index in [1.54, 1.807) is 12.1 Å². The van der Waals surface area contributed by atoms with E-state index in [2.05, 4.69) is 5.32 Å². The van der Waals surface area contributed by atoms with Crippen LogP contribution in [-0.4, -0.2) is 16.8 Å². The Bertz CT molecular complexity index is 431. The fourth-order valence-electron chi connectivity index (χ4n) is 1.26. The van der Waals surface area contributed by atoms with Gasteiger partial charge in [0.05, 0.1) is 5.69 Å². The second-order valence-electron chi connectivity index (χ2n) is 2.90. The molecule has 1 unspecified atom stereocenters. The monoisotopic (exact) mass is 213 g/mol. The molecule has 0 saturated carbocycles. The Labute approximate surface area is 83.9 Å². The van der Waals surface area contributed by atoms with Gasteiger partial charge >= 0.3 is 5.13 Å². The first kappa shape index (κ1) is 9.15. The summed E-state index contributed by atoms with van der Waals surface area (Å²) >= 11 is 5.17. The zero-order valence-electron chi connectivity index (χ0n) is 6.88. The Morgan fingerprint density at radius 1 is 1.29 bits per heavy atom. The number of anilines is 1. The summed E-state index contributed by atoms with van der Waals surface area (Å²) in [6.07, 6.45) is 0. The van der Waals surface area contributed by atoms with Crippen molar-refractivity contribution in [3.05, 3.63) is 29.8 Å². The van der Waals surface area contributed by atoms with Gasteiger partial charge in [-0.3, -0.25) is 9.59 Å². The van der Waals surface area contributed by atoms with Crippen molar-refractivity contribution in [3.8, 4) is 0 Å². The van der Waals surface area contributed by atoms with Crippen LogP contribution in [0.1, 0.15) is 10.4 Å². The van der Waals surface area contributed by atoms with Crippen LogP contribution in [0.5, 0.6) is 0 Å². The lowest BCUT2D eigenvalue weighted by Gasteiger charge is -2.23. The van der Waals surface area contributed by atoms with Gasteiger partial charge in [-0.25, -0.2) is 4.39 Å². The van der Waals surface area contributed by atoms with E-state index >= 15 is 0 Å². The van der Waals surface area contributed by atoms with E-state index < -0.39 is 16.8 Å². The predicted molar refractivity (Wildman–Crippen MR) is 49.1 cm³/mol. The number of fused-ring (bicyclic) bond motifs is 1. The molecule has 1 aliphatic rings. The lowest BCUT2D eigenvalue weighted by atomic mass is 10.00. The summed E-state index contributed by atoms with van der Waals surface area (Å²) in [6, 6.07) is 6.12. The van der Waals surface area contributed by atoms with Gasteiger partial charge in [0.25, 0.3) is 5.91 Å². The molecule has 1 aliphatic heterocycles. The number of benzene rings is 1. The maximum absolute atomic E-state index is 13.3. The number of rotatable bonds is 0. The van der Waals surface area contributed by atoms with Crippen molar-refractivity contribution in [3.63, 3.8) is 0 Å². The van der Waals surface area contributed by atoms with Crippen molar-refractivity contribution in [2.75, 3.05) is 5.32 Å². The smallest absolute Gasteiger partial charge is 0.321 e. The van der Waals surface area contributed by atoms with Crippen molar-refractivity contribution in [2.45, 2.75) is 5.13 Å². The van der Waals surface area contributed by atoms with Crippen molar-refractivity contribution >= 4 is 29.0 Å². The summed E-state index contributed by atoms with van der Waals surface area (Å²) in [5, 5.41) is -0.764. The van der Waals surface area contributed by atoms with Crippen LogP contribution >= 0.6 is 11.6 Å². The first-order chi connectivity index (χ1) is 6.53. The quantitative estimate of drug-likeness (QED) is 0.527. The molecule has 0 aromatic heterocycles. The summed E-state index contributed by atoms with van der Waals surface area (Å²) in [7, 11) is 0. The molecule has 72 valence electrons. The number of carbonyl (C=O) groups is 2. The Hall–Kier alpha value is -1.42. The predicted octanol–water partition coefficient (Wildman–Crippen LogP) is 1.73. The van der Waals surface area contributed by atoms with Crippen molar-refractivity contribution in [1.82, 2.24) is 0 Å². The molecular formula is C9H5ClFNO2. The standard InChI is InChI=1S/C9H5ClFNO2/c10-9(11)7(13)5-3-1-2-4-6(5)12-8(9)14/h1-4H,(H,12,14). The minimum Gasteiger partial charge on any atom is -0.321 e. The highest BCUT2D eigenvalue weighted by atomic mass is 35.5. The van der Waals surface area contributed by atoms with Gasteiger partial charge in [0, 0.05) is 5.56 Å². The summed E-state index contributed by atoms with van der Waals surface area (Å²) in [4.78, 5) is 22.4. The van der Waals surface area contributed by atoms with E-state index in [4.69, 9.17) is 11.6 Å². The zero-order valence-corrected chi connectivity index (χ0v) is 7.64. The Morgan fingerprint density at radius 3 is 2.64 bits per heavy atom. The van der Waals surface area contributed by atoms with Crippen LogP contribution < -0.4 is 5.32 Å². The third-order valence-electron chi connectivity index (χ3n) is 1.99. The SMILES string of the molecule is O=C1Nc2ccccc2C(=O)C1(F)Cl. The molecule has 0 fully saturated rings. The molecule has 0 radical (unpaired) electrons. The summed E-state index contributed by atoms with van der Waals surface area (Å²) in [5.74, 6) is -2.15. The molecule has 1 atom stereocenters. The van der Waals surface area contributed by atoms with Gasteiger partial charge in [-0.1, -0.05) is 23.7 Å². The highest BCUT2D eigenvalue weighted by Crippen LogP contribution is 2.32. The number of halogens is 2. The Morgan fingerprint density at radius 2 is 1.93 bits per heavy atom. The minimum atomic E-state index is -2.98. The maximum Gasteiger partial charge on any atom is 0.323 e. The molecule has 14 heavy (non-hydrogen) atoms. The molecule has 0 saturated heterocycles. The van der Waals surface area contributed by atoms with Gasteiger partial charge in [-0.2, -0.15) is 0 Å². The van der Waals surface area contributed by atoms with Gasteiger partial charge in [0.15, 0.2) is 0 Å². The van der Waals surface area contributed by atoms with Gasteiger partial charge < -0.3 is 5.32 Å². The van der Waals surface area contributed by atoms with E-state index in [1.165, 1.54) is 12.1 Å². The van der Waals surface area contributed by atoms with Crippen LogP contribution in [0.3, 0.4) is 0 Å². The number of hydrogen-bond acceptors (Lipinski definition) is 2. The second kappa shape index (κ2) is 2.78. The van der Waals surface area contributed by atoms with Crippen LogP contribution in [0.15, 0.2) is 24.3 Å². The van der Waals surface area contributed by atoms with Crippen molar-refractivity contribution in [1.29, 1.82) is 0 Å². The average Bonchev–Trinajstić information content (AvgIpc) is 2.15. The van der Waals surface area contributed by atoms with Gasteiger partial charge in [0.2, 0.25) is 5.78 Å². The van der Waals surface area contributed by atoms with Crippen LogP contribution in [0.25, 0.3) is 0 Å². The Kier molecular flexibility index (Phi) is 1.82. The molecule has 0 aliphatic carbocycles. The molecule has 1 aromatic carbocycles. The average molecular weight is 214 g/mol. The number of para-hydroxylation sites is 1. The molecule has 2 rings (SSSR count). The van der Waals surface area contributed by atoms with Crippen molar-refractivity contribution in [2.24, 2.45) is 0 Å². The number of carbonyl (C=O) groups excluding carboxylic acids is 2. The molecular weight excluding hydrogens is 209 g/mol. The third-order valence-corrected chi connectivity index (χ3v) is 2.33. The summed E-state index contributed by atoms with van der Waals surface area (Å²) in [6.45, 7) is 0. The number of Topliss-reactive ketones (excluding diaryl/α,β-unsaturated/α-hetero) is 1. The number of amides is 1. The van der Waals surface area contributed by atoms with E-state index in [0.29, 0.717) is 0 Å². The number of ketones is 1. The lowest BCUT2D eigenvalue weighted by Crippen LogP contribution is -2.45. The first-order valence-corrected chi connectivity index (χ1v) is 4.24. The maximum atomic E-state index is 13.3. The highest BCUT2D eigenvalue weighted by molar-refractivity contribution is 6.50. The van der Waals surface area contributed by atoms with Gasteiger partial charge in [-0.05, 0) is 12.1 Å². The van der Waals surface area contributed by atoms with Gasteiger partial charge in [0.1, 0.15) is 0 Å². The van der Waals surface area contributed by atoms with E-state index in [9.17, 15) is 14.0 Å². The third kappa shape index (κ3) is 1.11. The number of nitrogens with one attached hydrogen (secondary N) is 1. The fourth-order valence-corrected chi connectivity index (χ4v) is 1.41. The van der Waals surface area contributed by atoms with Crippen LogP contribution in [0.4, 0.5) is 10.1 Å². The van der Waals surface area contributed by atoms with Crippen LogP contribution in [0.2, 0.25) is 0 Å². The molecule has 1 aromatic rings. The molecule has 3 nitrogen and oxygen atoms in total. The largest absolute Gasteiger partial charge is 0.323 e. The highest BCUT2D eigenvalue weighted by Gasteiger charge is 2.49. The van der Waals surface area contributed by atoms with Crippen LogP contribution in [0, 0.1) is 0 Å². The minimum absolute atomic E-state index is 0.0876. The van der Waals surface area contributed by atoms with Gasteiger partial charge in [-0.15, -0.1) is 0 Å². The number of hydrogen-bond donors (Lipinski definition) is 1. The summed E-state index contributed by atoms with van der Waals surface area (Å²) < 4.78 is 13.3. The molecule has 1 N–H and O–H groups in total. The van der Waals surface area contributed by atoms with E-state index in [1.807, 2.05) is 0 Å². The Balaban J connectivity index is 2.61. The fraction of sp³-hybridized carbons (Fsp3) is 0.111. The molecule has 0 spiro atoms. The summed E-state index contributed by atoms with van der Waals surface area (Å²) in [5.41, 5.74) is 0.376. The molecule has 0 bridgehead atoms. The lowest BCUT2D eigenvalue weighted by molar-refractivity contribution is -0.121.